The number of quaternary nitrogens is 1. The highest BCUT2D eigenvalue weighted by Crippen LogP contribution is 2.29. The Labute approximate surface area is 175 Å². The maximum atomic E-state index is 11.8. The molecule has 0 spiro atoms. The summed E-state index contributed by atoms with van der Waals surface area (Å²) in [5, 5.41) is 12.3. The smallest absolute Gasteiger partial charge is 0.319 e. The highest BCUT2D eigenvalue weighted by atomic mass is 35.5. The average molecular weight is 421 g/mol. The molecule has 150 valence electrons. The fraction of sp³-hybridized carbons (Fsp3) is 0.286. The molecule has 2 amide bonds. The number of halogens is 1. The second-order valence-corrected chi connectivity index (χ2v) is 7.39. The Morgan fingerprint density at radius 2 is 2.11 bits per heavy atom. The van der Waals surface area contributed by atoms with Crippen LogP contribution < -0.4 is 20.7 Å². The zero-order chi connectivity index (χ0) is 20.2. The lowest BCUT2D eigenvalue weighted by Gasteiger charge is -2.15. The van der Waals surface area contributed by atoms with Crippen LogP contribution in [-0.4, -0.2) is 25.7 Å². The minimum absolute atomic E-state index is 0.178. The first-order valence-electron chi connectivity index (χ1n) is 9.18. The van der Waals surface area contributed by atoms with Crippen LogP contribution in [0, 0.1) is 0 Å². The molecule has 28 heavy (non-hydrogen) atoms. The number of carbonyl (C=O) groups is 1. The SMILES string of the molecule is C=CCOc1c(CC=C)cc(Cl)cc1C[NH2+]CCCNC(=O)Nc1ccsc1. The van der Waals surface area contributed by atoms with Crippen LogP contribution in [0.4, 0.5) is 10.5 Å². The molecular formula is C21H27ClN3O2S+. The van der Waals surface area contributed by atoms with Crippen molar-refractivity contribution < 1.29 is 14.8 Å². The number of nitrogens with two attached hydrogens (primary N) is 1. The third kappa shape index (κ3) is 7.38. The predicted molar refractivity (Wildman–Crippen MR) is 117 cm³/mol. The molecule has 0 fully saturated rings. The van der Waals surface area contributed by atoms with Gasteiger partial charge in [-0.25, -0.2) is 4.79 Å². The van der Waals surface area contributed by atoms with Crippen LogP contribution in [0.3, 0.4) is 0 Å². The van der Waals surface area contributed by atoms with E-state index in [4.69, 9.17) is 16.3 Å². The van der Waals surface area contributed by atoms with Crippen LogP contribution in [0.1, 0.15) is 17.5 Å². The average Bonchev–Trinajstić information content (AvgIpc) is 3.17. The van der Waals surface area contributed by atoms with Gasteiger partial charge in [0.2, 0.25) is 0 Å². The van der Waals surface area contributed by atoms with Crippen molar-refractivity contribution in [2.45, 2.75) is 19.4 Å². The summed E-state index contributed by atoms with van der Waals surface area (Å²) in [7, 11) is 0. The summed E-state index contributed by atoms with van der Waals surface area (Å²) < 4.78 is 5.88. The fourth-order valence-corrected chi connectivity index (χ4v) is 3.57. The largest absolute Gasteiger partial charge is 0.489 e. The molecule has 5 nitrogen and oxygen atoms in total. The van der Waals surface area contributed by atoms with Crippen molar-refractivity contribution in [2.24, 2.45) is 0 Å². The van der Waals surface area contributed by atoms with Crippen molar-refractivity contribution >= 4 is 34.7 Å². The Morgan fingerprint density at radius 1 is 1.29 bits per heavy atom. The molecule has 2 rings (SSSR count). The van der Waals surface area contributed by atoms with Gasteiger partial charge in [0.25, 0.3) is 0 Å². The molecule has 7 heteroatoms. The lowest BCUT2D eigenvalue weighted by molar-refractivity contribution is -0.670. The molecule has 1 heterocycles. The van der Waals surface area contributed by atoms with E-state index in [0.717, 1.165) is 42.1 Å². The summed E-state index contributed by atoms with van der Waals surface area (Å²) >= 11 is 7.82. The van der Waals surface area contributed by atoms with E-state index in [9.17, 15) is 4.79 Å². The minimum atomic E-state index is -0.178. The first kappa shape index (κ1) is 22.0. The van der Waals surface area contributed by atoms with Gasteiger partial charge in [-0.1, -0.05) is 30.3 Å². The number of hydrogen-bond acceptors (Lipinski definition) is 3. The number of anilines is 1. The van der Waals surface area contributed by atoms with Gasteiger partial charge >= 0.3 is 6.03 Å². The molecule has 0 bridgehead atoms. The van der Waals surface area contributed by atoms with Crippen molar-refractivity contribution in [2.75, 3.05) is 25.0 Å². The fourth-order valence-electron chi connectivity index (χ4n) is 2.72. The molecule has 0 aliphatic heterocycles. The summed E-state index contributed by atoms with van der Waals surface area (Å²) in [6.07, 6.45) is 5.13. The van der Waals surface area contributed by atoms with Gasteiger partial charge in [-0.3, -0.25) is 0 Å². The van der Waals surface area contributed by atoms with Crippen molar-refractivity contribution in [3.63, 3.8) is 0 Å². The molecule has 2 aromatic rings. The van der Waals surface area contributed by atoms with Crippen LogP contribution in [0.15, 0.2) is 54.3 Å². The summed E-state index contributed by atoms with van der Waals surface area (Å²) in [6.45, 7) is 10.2. The van der Waals surface area contributed by atoms with E-state index >= 15 is 0 Å². The zero-order valence-corrected chi connectivity index (χ0v) is 17.5. The predicted octanol–water partition coefficient (Wildman–Crippen LogP) is 3.97. The summed E-state index contributed by atoms with van der Waals surface area (Å²) in [5.41, 5.74) is 2.89. The topological polar surface area (TPSA) is 67.0 Å². The normalized spacial score (nSPS) is 10.3. The number of allylic oxidation sites excluding steroid dienone is 1. The van der Waals surface area contributed by atoms with E-state index in [2.05, 4.69) is 29.1 Å². The summed E-state index contributed by atoms with van der Waals surface area (Å²) in [6, 6.07) is 5.55. The van der Waals surface area contributed by atoms with Crippen molar-refractivity contribution in [1.82, 2.24) is 5.32 Å². The quantitative estimate of drug-likeness (QED) is 0.359. The van der Waals surface area contributed by atoms with Crippen LogP contribution in [0.2, 0.25) is 5.02 Å². The van der Waals surface area contributed by atoms with Crippen LogP contribution in [0.25, 0.3) is 0 Å². The highest BCUT2D eigenvalue weighted by molar-refractivity contribution is 7.08. The number of thiophene rings is 1. The van der Waals surface area contributed by atoms with E-state index in [1.54, 1.807) is 17.4 Å². The molecule has 4 N–H and O–H groups in total. The lowest BCUT2D eigenvalue weighted by atomic mass is 10.1. The third-order valence-electron chi connectivity index (χ3n) is 3.93. The number of ether oxygens (including phenoxy) is 1. The molecule has 0 radical (unpaired) electrons. The summed E-state index contributed by atoms with van der Waals surface area (Å²) in [5.74, 6) is 0.855. The molecule has 0 aliphatic carbocycles. The van der Waals surface area contributed by atoms with Gasteiger partial charge in [-0.05, 0) is 35.6 Å². The van der Waals surface area contributed by atoms with Gasteiger partial charge < -0.3 is 20.7 Å². The van der Waals surface area contributed by atoms with Crippen molar-refractivity contribution in [1.29, 1.82) is 0 Å². The molecular weight excluding hydrogens is 394 g/mol. The lowest BCUT2D eigenvalue weighted by Crippen LogP contribution is -2.82. The molecule has 1 aromatic carbocycles. The van der Waals surface area contributed by atoms with Gasteiger partial charge in [0, 0.05) is 28.9 Å². The van der Waals surface area contributed by atoms with Crippen LogP contribution in [0.5, 0.6) is 5.75 Å². The van der Waals surface area contributed by atoms with Gasteiger partial charge in [-0.2, -0.15) is 11.3 Å². The maximum Gasteiger partial charge on any atom is 0.319 e. The van der Waals surface area contributed by atoms with E-state index in [0.29, 0.717) is 24.6 Å². The van der Waals surface area contributed by atoms with Gasteiger partial charge in [0.05, 0.1) is 12.2 Å². The van der Waals surface area contributed by atoms with Crippen molar-refractivity contribution in [3.8, 4) is 5.75 Å². The monoisotopic (exact) mass is 420 g/mol. The second kappa shape index (κ2) is 12.2. The molecule has 0 atom stereocenters. The Morgan fingerprint density at radius 3 is 2.82 bits per heavy atom. The number of urea groups is 1. The first-order valence-corrected chi connectivity index (χ1v) is 10.5. The minimum Gasteiger partial charge on any atom is -0.489 e. The second-order valence-electron chi connectivity index (χ2n) is 6.17. The number of rotatable bonds is 12. The number of nitrogens with one attached hydrogen (secondary N) is 2. The number of carbonyl (C=O) groups excluding carboxylic acids is 1. The Bertz CT molecular complexity index is 778. The Kier molecular flexibility index (Phi) is 9.62. The number of hydrogen-bond donors (Lipinski definition) is 3. The molecule has 1 aromatic heterocycles. The van der Waals surface area contributed by atoms with E-state index in [-0.39, 0.29) is 6.03 Å². The van der Waals surface area contributed by atoms with Gasteiger partial charge in [-0.15, -0.1) is 6.58 Å². The number of amides is 2. The van der Waals surface area contributed by atoms with Crippen LogP contribution in [-0.2, 0) is 13.0 Å². The standard InChI is InChI=1S/C21H26ClN3O2S/c1-3-6-16-12-18(22)13-17(20(16)27-10-4-2)14-23-8-5-9-24-21(26)25-19-7-11-28-15-19/h3-4,7,11-13,15,23H,1-2,5-6,8-10,14H2,(H2,24,25,26)/p+1. The molecule has 0 aliphatic rings. The third-order valence-corrected chi connectivity index (χ3v) is 4.83. The first-order chi connectivity index (χ1) is 13.6. The zero-order valence-electron chi connectivity index (χ0n) is 15.9. The Hall–Kier alpha value is -2.28. The van der Waals surface area contributed by atoms with E-state index < -0.39 is 0 Å². The molecule has 0 unspecified atom stereocenters. The molecule has 0 saturated heterocycles. The Balaban J connectivity index is 1.78. The highest BCUT2D eigenvalue weighted by Gasteiger charge is 2.12. The van der Waals surface area contributed by atoms with Gasteiger partial charge in [0.1, 0.15) is 18.9 Å². The van der Waals surface area contributed by atoms with Gasteiger partial charge in [0.15, 0.2) is 0 Å². The van der Waals surface area contributed by atoms with Crippen LogP contribution >= 0.6 is 22.9 Å². The number of benzene rings is 1. The van der Waals surface area contributed by atoms with Crippen molar-refractivity contribution in [3.05, 3.63) is 70.4 Å². The molecule has 0 saturated carbocycles. The maximum absolute atomic E-state index is 11.8. The van der Waals surface area contributed by atoms with E-state index in [1.165, 1.54) is 0 Å². The van der Waals surface area contributed by atoms with E-state index in [1.807, 2.05) is 35.0 Å². The summed E-state index contributed by atoms with van der Waals surface area (Å²) in [4.78, 5) is 11.8.